The third kappa shape index (κ3) is 6.27. The van der Waals surface area contributed by atoms with Gasteiger partial charge in [0.05, 0.1) is 0 Å². The van der Waals surface area contributed by atoms with Gasteiger partial charge in [-0.2, -0.15) is 0 Å². The number of rotatable bonds is 8. The summed E-state index contributed by atoms with van der Waals surface area (Å²) in [5, 5.41) is 0. The highest BCUT2D eigenvalue weighted by Gasteiger charge is 2.19. The number of hydrogen-bond acceptors (Lipinski definition) is 2. The van der Waals surface area contributed by atoms with Gasteiger partial charge in [0.1, 0.15) is 0 Å². The Kier molecular flexibility index (Phi) is 7.56. The molecule has 0 bridgehead atoms. The summed E-state index contributed by atoms with van der Waals surface area (Å²) < 4.78 is 0. The SMILES string of the molecule is CCC1=CCN(CCCCN2CCC(Cc3ccccc3)CC2)CC1. The minimum atomic E-state index is 0.895. The third-order valence-corrected chi connectivity index (χ3v) is 6.11. The van der Waals surface area contributed by atoms with E-state index in [2.05, 4.69) is 53.1 Å². The van der Waals surface area contributed by atoms with Crippen molar-refractivity contribution in [3.05, 3.63) is 47.5 Å². The number of piperidine rings is 1. The molecular formula is C23H36N2. The van der Waals surface area contributed by atoms with Crippen LogP contribution in [0.2, 0.25) is 0 Å². The zero-order valence-corrected chi connectivity index (χ0v) is 16.1. The highest BCUT2D eigenvalue weighted by Crippen LogP contribution is 2.22. The van der Waals surface area contributed by atoms with E-state index in [1.54, 1.807) is 5.57 Å². The van der Waals surface area contributed by atoms with Gasteiger partial charge in [-0.15, -0.1) is 0 Å². The molecule has 2 aliphatic heterocycles. The largest absolute Gasteiger partial charge is 0.303 e. The quantitative estimate of drug-likeness (QED) is 0.497. The van der Waals surface area contributed by atoms with E-state index >= 15 is 0 Å². The molecule has 1 saturated heterocycles. The van der Waals surface area contributed by atoms with Crippen molar-refractivity contribution >= 4 is 0 Å². The number of hydrogen-bond donors (Lipinski definition) is 0. The van der Waals surface area contributed by atoms with E-state index in [0.29, 0.717) is 0 Å². The molecule has 0 amide bonds. The fourth-order valence-electron chi connectivity index (χ4n) is 4.31. The number of benzene rings is 1. The van der Waals surface area contributed by atoms with Gasteiger partial charge >= 0.3 is 0 Å². The average molecular weight is 341 g/mol. The maximum Gasteiger partial charge on any atom is 0.0165 e. The summed E-state index contributed by atoms with van der Waals surface area (Å²) in [4.78, 5) is 5.33. The van der Waals surface area contributed by atoms with Crippen LogP contribution in [0.25, 0.3) is 0 Å². The van der Waals surface area contributed by atoms with Crippen LogP contribution >= 0.6 is 0 Å². The lowest BCUT2D eigenvalue weighted by Crippen LogP contribution is -2.35. The van der Waals surface area contributed by atoms with E-state index in [1.807, 2.05) is 0 Å². The van der Waals surface area contributed by atoms with Crippen LogP contribution < -0.4 is 0 Å². The summed E-state index contributed by atoms with van der Waals surface area (Å²) in [5.41, 5.74) is 3.18. The van der Waals surface area contributed by atoms with Crippen LogP contribution in [0.1, 0.15) is 51.0 Å². The van der Waals surface area contributed by atoms with Crippen molar-refractivity contribution in [1.82, 2.24) is 9.80 Å². The Morgan fingerprint density at radius 3 is 2.28 bits per heavy atom. The molecule has 0 atom stereocenters. The van der Waals surface area contributed by atoms with Crippen molar-refractivity contribution in [3.63, 3.8) is 0 Å². The molecule has 0 radical (unpaired) electrons. The second-order valence-corrected chi connectivity index (χ2v) is 7.95. The molecule has 2 heteroatoms. The van der Waals surface area contributed by atoms with E-state index in [0.717, 1.165) is 5.92 Å². The second-order valence-electron chi connectivity index (χ2n) is 7.95. The van der Waals surface area contributed by atoms with Crippen molar-refractivity contribution in [2.75, 3.05) is 39.3 Å². The highest BCUT2D eigenvalue weighted by atomic mass is 15.1. The van der Waals surface area contributed by atoms with Crippen LogP contribution in [-0.2, 0) is 6.42 Å². The topological polar surface area (TPSA) is 6.48 Å². The maximum atomic E-state index is 2.70. The Morgan fingerprint density at radius 1 is 0.920 bits per heavy atom. The van der Waals surface area contributed by atoms with Gasteiger partial charge in [0.25, 0.3) is 0 Å². The summed E-state index contributed by atoms with van der Waals surface area (Å²) in [6.07, 6.45) is 11.8. The molecule has 0 N–H and O–H groups in total. The molecule has 0 aromatic heterocycles. The molecule has 2 heterocycles. The second kappa shape index (κ2) is 10.1. The molecule has 1 fully saturated rings. The molecule has 2 aliphatic rings. The van der Waals surface area contributed by atoms with Crippen molar-refractivity contribution in [2.45, 2.75) is 51.9 Å². The lowest BCUT2D eigenvalue weighted by Gasteiger charge is -2.32. The van der Waals surface area contributed by atoms with Crippen LogP contribution in [0, 0.1) is 5.92 Å². The highest BCUT2D eigenvalue weighted by molar-refractivity contribution is 5.15. The van der Waals surface area contributed by atoms with Crippen LogP contribution in [0.4, 0.5) is 0 Å². The molecule has 0 saturated carbocycles. The third-order valence-electron chi connectivity index (χ3n) is 6.11. The van der Waals surface area contributed by atoms with Gasteiger partial charge in [0, 0.05) is 13.1 Å². The van der Waals surface area contributed by atoms with Crippen molar-refractivity contribution in [2.24, 2.45) is 5.92 Å². The van der Waals surface area contributed by atoms with Crippen LogP contribution in [0.5, 0.6) is 0 Å². The summed E-state index contributed by atoms with van der Waals surface area (Å²) >= 11 is 0. The first kappa shape index (κ1) is 18.7. The fraction of sp³-hybridized carbons (Fsp3) is 0.652. The molecule has 0 spiro atoms. The van der Waals surface area contributed by atoms with Gasteiger partial charge in [-0.1, -0.05) is 48.9 Å². The zero-order valence-electron chi connectivity index (χ0n) is 16.1. The summed E-state index contributed by atoms with van der Waals surface area (Å²) in [6.45, 7) is 9.97. The van der Waals surface area contributed by atoms with Crippen LogP contribution in [0.15, 0.2) is 42.0 Å². The Morgan fingerprint density at radius 2 is 1.64 bits per heavy atom. The van der Waals surface area contributed by atoms with Gasteiger partial charge in [0.2, 0.25) is 0 Å². The van der Waals surface area contributed by atoms with Crippen LogP contribution in [0.3, 0.4) is 0 Å². The molecule has 2 nitrogen and oxygen atoms in total. The first-order chi connectivity index (χ1) is 12.3. The molecule has 1 aromatic carbocycles. The monoisotopic (exact) mass is 340 g/mol. The zero-order chi connectivity index (χ0) is 17.3. The van der Waals surface area contributed by atoms with Crippen molar-refractivity contribution in [1.29, 1.82) is 0 Å². The first-order valence-electron chi connectivity index (χ1n) is 10.5. The number of unbranched alkanes of at least 4 members (excludes halogenated alkanes) is 1. The number of nitrogens with zero attached hydrogens (tertiary/aromatic N) is 2. The molecule has 25 heavy (non-hydrogen) atoms. The van der Waals surface area contributed by atoms with E-state index in [9.17, 15) is 0 Å². The first-order valence-corrected chi connectivity index (χ1v) is 10.5. The van der Waals surface area contributed by atoms with Gasteiger partial charge in [0.15, 0.2) is 0 Å². The predicted molar refractivity (Wildman–Crippen MR) is 108 cm³/mol. The Labute approximate surface area is 154 Å². The molecule has 138 valence electrons. The smallest absolute Gasteiger partial charge is 0.0165 e. The fourth-order valence-corrected chi connectivity index (χ4v) is 4.31. The van der Waals surface area contributed by atoms with E-state index in [1.165, 1.54) is 89.8 Å². The molecule has 0 aliphatic carbocycles. The Hall–Kier alpha value is -1.12. The average Bonchev–Trinajstić information content (AvgIpc) is 2.68. The van der Waals surface area contributed by atoms with Gasteiger partial charge < -0.3 is 4.90 Å². The Balaban J connectivity index is 1.25. The lowest BCUT2D eigenvalue weighted by molar-refractivity contribution is 0.177. The summed E-state index contributed by atoms with van der Waals surface area (Å²) in [6, 6.07) is 11.0. The molecule has 1 aromatic rings. The van der Waals surface area contributed by atoms with E-state index in [4.69, 9.17) is 0 Å². The Bertz CT molecular complexity index is 514. The molecular weight excluding hydrogens is 304 g/mol. The predicted octanol–water partition coefficient (Wildman–Crippen LogP) is 4.76. The lowest BCUT2D eigenvalue weighted by atomic mass is 9.90. The minimum absolute atomic E-state index is 0.895. The van der Waals surface area contributed by atoms with Crippen molar-refractivity contribution < 1.29 is 0 Å². The van der Waals surface area contributed by atoms with Crippen molar-refractivity contribution in [3.8, 4) is 0 Å². The van der Waals surface area contributed by atoms with Crippen LogP contribution in [-0.4, -0.2) is 49.1 Å². The van der Waals surface area contributed by atoms with E-state index < -0.39 is 0 Å². The van der Waals surface area contributed by atoms with E-state index in [-0.39, 0.29) is 0 Å². The number of likely N-dealkylation sites (tertiary alicyclic amines) is 1. The molecule has 0 unspecified atom stereocenters. The molecule has 3 rings (SSSR count). The summed E-state index contributed by atoms with van der Waals surface area (Å²) in [7, 11) is 0. The standard InChI is InChI=1S/C23H36N2/c1-2-21-10-16-24(17-11-21)14-6-7-15-25-18-12-23(13-19-25)20-22-8-4-3-5-9-22/h3-5,8-10,23H,2,6-7,11-20H2,1H3. The maximum absolute atomic E-state index is 2.70. The van der Waals surface area contributed by atoms with Gasteiger partial charge in [-0.25, -0.2) is 0 Å². The normalized spacial score (nSPS) is 20.6. The minimum Gasteiger partial charge on any atom is -0.303 e. The summed E-state index contributed by atoms with van der Waals surface area (Å²) in [5.74, 6) is 0.895. The van der Waals surface area contributed by atoms with Gasteiger partial charge in [-0.3, -0.25) is 4.90 Å². The van der Waals surface area contributed by atoms with Gasteiger partial charge in [-0.05, 0) is 82.6 Å².